The lowest BCUT2D eigenvalue weighted by Crippen LogP contribution is -3.10. The first-order valence-electron chi connectivity index (χ1n) is 5.66. The number of hydrogen-bond donors (Lipinski definition) is 2. The molecule has 0 saturated heterocycles. The van der Waals surface area contributed by atoms with Crippen LogP contribution in [0.15, 0.2) is 24.3 Å². The molecule has 0 heterocycles. The summed E-state index contributed by atoms with van der Waals surface area (Å²) in [5.41, 5.74) is 1.98. The summed E-state index contributed by atoms with van der Waals surface area (Å²) in [6.07, 6.45) is 0.476. The van der Waals surface area contributed by atoms with Crippen LogP contribution in [0.1, 0.15) is 12.0 Å². The highest BCUT2D eigenvalue weighted by molar-refractivity contribution is 5.91. The van der Waals surface area contributed by atoms with Crippen molar-refractivity contribution in [3.63, 3.8) is 0 Å². The van der Waals surface area contributed by atoms with Gasteiger partial charge in [0.2, 0.25) is 0 Å². The standard InChI is InChI=1S/C13H17N3O/c1-11-4-6-12(7-5-11)15-13(17)10-16(2)9-3-8-14/h4-7H,3,9-10H2,1-2H3,(H,15,17)/p+1. The molecule has 0 aliphatic heterocycles. The average Bonchev–Trinajstić information content (AvgIpc) is 2.29. The van der Waals surface area contributed by atoms with Crippen LogP contribution in [0.3, 0.4) is 0 Å². The van der Waals surface area contributed by atoms with Gasteiger partial charge in [0.1, 0.15) is 0 Å². The summed E-state index contributed by atoms with van der Waals surface area (Å²) < 4.78 is 0. The molecule has 1 aromatic carbocycles. The first kappa shape index (κ1) is 13.2. The Kier molecular flexibility index (Phi) is 5.18. The molecule has 17 heavy (non-hydrogen) atoms. The number of hydrogen-bond acceptors (Lipinski definition) is 2. The minimum atomic E-state index is -0.0238. The summed E-state index contributed by atoms with van der Waals surface area (Å²) in [6.45, 7) is 3.08. The van der Waals surface area contributed by atoms with Gasteiger partial charge >= 0.3 is 0 Å². The molecule has 0 saturated carbocycles. The van der Waals surface area contributed by atoms with Crippen LogP contribution >= 0.6 is 0 Å². The monoisotopic (exact) mass is 232 g/mol. The summed E-state index contributed by atoms with van der Waals surface area (Å²) in [5.74, 6) is -0.0238. The molecule has 0 spiro atoms. The van der Waals surface area contributed by atoms with Crippen molar-refractivity contribution >= 4 is 11.6 Å². The fraction of sp³-hybridized carbons (Fsp3) is 0.385. The highest BCUT2D eigenvalue weighted by atomic mass is 16.2. The van der Waals surface area contributed by atoms with Gasteiger partial charge in [-0.25, -0.2) is 0 Å². The van der Waals surface area contributed by atoms with Gasteiger partial charge in [0.05, 0.1) is 26.1 Å². The zero-order chi connectivity index (χ0) is 12.7. The number of anilines is 1. The van der Waals surface area contributed by atoms with Crippen molar-refractivity contribution in [1.29, 1.82) is 5.26 Å². The van der Waals surface area contributed by atoms with Crippen molar-refractivity contribution in [1.82, 2.24) is 0 Å². The topological polar surface area (TPSA) is 57.3 Å². The molecule has 0 aliphatic carbocycles. The summed E-state index contributed by atoms with van der Waals surface area (Å²) in [4.78, 5) is 12.7. The Bertz CT molecular complexity index is 406. The number of benzene rings is 1. The number of nitriles is 1. The number of carbonyl (C=O) groups is 1. The van der Waals surface area contributed by atoms with Gasteiger partial charge in [0.15, 0.2) is 6.54 Å². The highest BCUT2D eigenvalue weighted by Crippen LogP contribution is 2.07. The smallest absolute Gasteiger partial charge is 0.279 e. The fourth-order valence-electron chi connectivity index (χ4n) is 1.47. The number of aryl methyl sites for hydroxylation is 1. The zero-order valence-corrected chi connectivity index (χ0v) is 10.3. The largest absolute Gasteiger partial charge is 0.329 e. The van der Waals surface area contributed by atoms with Crippen LogP contribution in [0.2, 0.25) is 0 Å². The number of likely N-dealkylation sites (N-methyl/N-ethyl adjacent to an activating group) is 1. The van der Waals surface area contributed by atoms with Crippen molar-refractivity contribution in [3.05, 3.63) is 29.8 Å². The fourth-order valence-corrected chi connectivity index (χ4v) is 1.47. The molecule has 0 fully saturated rings. The maximum Gasteiger partial charge on any atom is 0.279 e. The molecule has 90 valence electrons. The molecule has 2 N–H and O–H groups in total. The highest BCUT2D eigenvalue weighted by Gasteiger charge is 2.09. The Balaban J connectivity index is 2.39. The third-order valence-corrected chi connectivity index (χ3v) is 2.46. The Morgan fingerprint density at radius 3 is 2.65 bits per heavy atom. The van der Waals surface area contributed by atoms with Gasteiger partial charge in [-0.15, -0.1) is 0 Å². The Morgan fingerprint density at radius 1 is 1.41 bits per heavy atom. The second-order valence-corrected chi connectivity index (χ2v) is 4.21. The van der Waals surface area contributed by atoms with E-state index in [0.29, 0.717) is 19.5 Å². The number of nitrogens with zero attached hydrogens (tertiary/aromatic N) is 1. The van der Waals surface area contributed by atoms with E-state index in [0.717, 1.165) is 10.6 Å². The second kappa shape index (κ2) is 6.66. The number of nitrogens with one attached hydrogen (secondary N) is 2. The third-order valence-electron chi connectivity index (χ3n) is 2.46. The molecular formula is C13H18N3O+. The van der Waals surface area contributed by atoms with Crippen molar-refractivity contribution in [2.45, 2.75) is 13.3 Å². The number of quaternary nitrogens is 1. The van der Waals surface area contributed by atoms with Crippen molar-refractivity contribution in [3.8, 4) is 6.07 Å². The van der Waals surface area contributed by atoms with Crippen molar-refractivity contribution in [2.24, 2.45) is 0 Å². The Morgan fingerprint density at radius 2 is 2.06 bits per heavy atom. The number of rotatable bonds is 5. The normalized spacial score (nSPS) is 11.6. The van der Waals surface area contributed by atoms with Crippen molar-refractivity contribution in [2.75, 3.05) is 25.5 Å². The molecule has 1 rings (SSSR count). The molecule has 1 amide bonds. The van der Waals surface area contributed by atoms with E-state index in [2.05, 4.69) is 11.4 Å². The van der Waals surface area contributed by atoms with Crippen LogP contribution in [0.25, 0.3) is 0 Å². The minimum Gasteiger partial charge on any atom is -0.329 e. The van der Waals surface area contributed by atoms with Crippen LogP contribution in [-0.4, -0.2) is 26.0 Å². The zero-order valence-electron chi connectivity index (χ0n) is 10.3. The van der Waals surface area contributed by atoms with Gasteiger partial charge < -0.3 is 10.2 Å². The SMILES string of the molecule is Cc1ccc(NC(=O)C[NH+](C)CCC#N)cc1. The molecule has 4 nitrogen and oxygen atoms in total. The molecule has 1 aromatic rings. The van der Waals surface area contributed by atoms with E-state index in [-0.39, 0.29) is 5.91 Å². The van der Waals surface area contributed by atoms with Gasteiger partial charge in [-0.05, 0) is 19.1 Å². The maximum absolute atomic E-state index is 11.7. The molecular weight excluding hydrogens is 214 g/mol. The summed E-state index contributed by atoms with van der Waals surface area (Å²) in [6, 6.07) is 9.77. The lowest BCUT2D eigenvalue weighted by Gasteiger charge is -2.12. The first-order chi connectivity index (χ1) is 8.11. The van der Waals surface area contributed by atoms with Gasteiger partial charge in [-0.2, -0.15) is 5.26 Å². The van der Waals surface area contributed by atoms with E-state index < -0.39 is 0 Å². The summed E-state index contributed by atoms with van der Waals surface area (Å²) in [7, 11) is 1.91. The molecule has 1 atom stereocenters. The van der Waals surface area contributed by atoms with E-state index >= 15 is 0 Å². The molecule has 0 aliphatic rings. The third kappa shape index (κ3) is 5.14. The van der Waals surface area contributed by atoms with Gasteiger partial charge in [-0.3, -0.25) is 4.79 Å². The number of carbonyl (C=O) groups excluding carboxylic acids is 1. The molecule has 0 radical (unpaired) electrons. The van der Waals surface area contributed by atoms with Crippen LogP contribution in [0.4, 0.5) is 5.69 Å². The van der Waals surface area contributed by atoms with Gasteiger partial charge in [-0.1, -0.05) is 17.7 Å². The summed E-state index contributed by atoms with van der Waals surface area (Å²) >= 11 is 0. The van der Waals surface area contributed by atoms with Gasteiger partial charge in [0.25, 0.3) is 5.91 Å². The predicted octanol–water partition coefficient (Wildman–Crippen LogP) is 0.362. The number of amides is 1. The van der Waals surface area contributed by atoms with Crippen LogP contribution in [0.5, 0.6) is 0 Å². The molecule has 0 aromatic heterocycles. The van der Waals surface area contributed by atoms with E-state index in [9.17, 15) is 4.79 Å². The van der Waals surface area contributed by atoms with E-state index in [1.807, 2.05) is 38.2 Å². The Hall–Kier alpha value is -1.86. The molecule has 4 heteroatoms. The lowest BCUT2D eigenvalue weighted by atomic mass is 10.2. The predicted molar refractivity (Wildman–Crippen MR) is 66.7 cm³/mol. The first-order valence-corrected chi connectivity index (χ1v) is 5.66. The minimum absolute atomic E-state index is 0.0238. The van der Waals surface area contributed by atoms with E-state index in [1.54, 1.807) is 0 Å². The van der Waals surface area contributed by atoms with Gasteiger partial charge in [0, 0.05) is 5.69 Å². The van der Waals surface area contributed by atoms with E-state index in [1.165, 1.54) is 5.56 Å². The lowest BCUT2D eigenvalue weighted by molar-refractivity contribution is -0.870. The second-order valence-electron chi connectivity index (χ2n) is 4.21. The summed E-state index contributed by atoms with van der Waals surface area (Å²) in [5, 5.41) is 11.3. The maximum atomic E-state index is 11.7. The van der Waals surface area contributed by atoms with Crippen LogP contribution in [0, 0.1) is 18.3 Å². The van der Waals surface area contributed by atoms with Crippen molar-refractivity contribution < 1.29 is 9.69 Å². The average molecular weight is 232 g/mol. The van der Waals surface area contributed by atoms with Crippen LogP contribution in [-0.2, 0) is 4.79 Å². The quantitative estimate of drug-likeness (QED) is 0.770. The molecule has 1 unspecified atom stereocenters. The molecule has 0 bridgehead atoms. The van der Waals surface area contributed by atoms with E-state index in [4.69, 9.17) is 5.26 Å². The van der Waals surface area contributed by atoms with Crippen LogP contribution < -0.4 is 10.2 Å². The Labute approximate surface area is 102 Å².